The highest BCUT2D eigenvalue weighted by molar-refractivity contribution is 5.88. The van der Waals surface area contributed by atoms with E-state index < -0.39 is 11.5 Å². The molecule has 2 aromatic heterocycles. The number of hydrogen-bond donors (Lipinski definition) is 0. The third-order valence-corrected chi connectivity index (χ3v) is 3.68. The Kier molecular flexibility index (Phi) is 5.09. The number of ether oxygens (including phenoxy) is 2. The van der Waals surface area contributed by atoms with Crippen LogP contribution in [0.25, 0.3) is 5.65 Å². The van der Waals surface area contributed by atoms with E-state index in [0.717, 1.165) is 12.0 Å². The van der Waals surface area contributed by atoms with Crippen molar-refractivity contribution in [3.63, 3.8) is 0 Å². The summed E-state index contributed by atoms with van der Waals surface area (Å²) in [6.45, 7) is 2.34. The Bertz CT molecular complexity index is 935. The van der Waals surface area contributed by atoms with Gasteiger partial charge in [-0.15, -0.1) is 0 Å². The Hall–Kier alpha value is -3.15. The molecule has 3 rings (SSSR count). The van der Waals surface area contributed by atoms with E-state index in [1.165, 1.54) is 10.6 Å². The van der Waals surface area contributed by atoms with Crippen LogP contribution in [-0.4, -0.2) is 28.6 Å². The molecule has 0 aliphatic rings. The molecule has 0 spiro atoms. The van der Waals surface area contributed by atoms with Crippen LogP contribution in [-0.2, 0) is 11.2 Å². The molecule has 0 aliphatic heterocycles. The van der Waals surface area contributed by atoms with Crippen LogP contribution in [0.15, 0.2) is 59.7 Å². The maximum Gasteiger partial charge on any atom is 0.345 e. The van der Waals surface area contributed by atoms with Crippen molar-refractivity contribution in [3.05, 3.63) is 76.3 Å². The van der Waals surface area contributed by atoms with Crippen molar-refractivity contribution < 1.29 is 14.3 Å². The number of hydrogen-bond acceptors (Lipinski definition) is 5. The third kappa shape index (κ3) is 3.68. The fourth-order valence-corrected chi connectivity index (χ4v) is 2.47. The van der Waals surface area contributed by atoms with Crippen molar-refractivity contribution >= 4 is 11.6 Å². The van der Waals surface area contributed by atoms with E-state index in [0.29, 0.717) is 18.0 Å². The summed E-state index contributed by atoms with van der Waals surface area (Å²) in [4.78, 5) is 28.5. The highest BCUT2D eigenvalue weighted by Crippen LogP contribution is 2.16. The first kappa shape index (κ1) is 16.7. The monoisotopic (exact) mass is 338 g/mol. The second kappa shape index (κ2) is 7.61. The lowest BCUT2D eigenvalue weighted by Gasteiger charge is -2.10. The smallest absolute Gasteiger partial charge is 0.345 e. The molecule has 1 aromatic carbocycles. The molecule has 6 nitrogen and oxygen atoms in total. The Morgan fingerprint density at radius 2 is 1.96 bits per heavy atom. The lowest BCUT2D eigenvalue weighted by molar-refractivity contribution is 0.0523. The first-order valence-electron chi connectivity index (χ1n) is 8.05. The van der Waals surface area contributed by atoms with Gasteiger partial charge in [0.15, 0.2) is 11.4 Å². The summed E-state index contributed by atoms with van der Waals surface area (Å²) >= 11 is 0. The van der Waals surface area contributed by atoms with Crippen LogP contribution in [0.5, 0.6) is 5.75 Å². The second-order valence-electron chi connectivity index (χ2n) is 5.35. The standard InChI is InChI=1S/C19H18N2O4/c1-2-24-19(23)15-13-20-17-16(9-6-11-21(17)18(15)22)25-12-10-14-7-4-3-5-8-14/h3-9,11,13H,2,10,12H2,1H3. The summed E-state index contributed by atoms with van der Waals surface area (Å²) in [5.41, 5.74) is 0.962. The van der Waals surface area contributed by atoms with E-state index in [9.17, 15) is 9.59 Å². The highest BCUT2D eigenvalue weighted by atomic mass is 16.5. The zero-order chi connectivity index (χ0) is 17.6. The van der Waals surface area contributed by atoms with E-state index in [2.05, 4.69) is 4.98 Å². The minimum atomic E-state index is -0.676. The largest absolute Gasteiger partial charge is 0.489 e. The molecular weight excluding hydrogens is 320 g/mol. The lowest BCUT2D eigenvalue weighted by Crippen LogP contribution is -2.24. The quantitative estimate of drug-likeness (QED) is 0.646. The third-order valence-electron chi connectivity index (χ3n) is 3.68. The molecule has 2 heterocycles. The molecule has 0 radical (unpaired) electrons. The van der Waals surface area contributed by atoms with Crippen molar-refractivity contribution in [2.75, 3.05) is 13.2 Å². The molecule has 0 bridgehead atoms. The van der Waals surface area contributed by atoms with Crippen molar-refractivity contribution in [2.45, 2.75) is 13.3 Å². The SMILES string of the molecule is CCOC(=O)c1cnc2c(OCCc3ccccc3)cccn2c1=O. The molecule has 0 aliphatic carbocycles. The van der Waals surface area contributed by atoms with Gasteiger partial charge < -0.3 is 9.47 Å². The average molecular weight is 338 g/mol. The van der Waals surface area contributed by atoms with Gasteiger partial charge in [-0.2, -0.15) is 0 Å². The summed E-state index contributed by atoms with van der Waals surface area (Å²) in [6, 6.07) is 13.4. The van der Waals surface area contributed by atoms with Crippen molar-refractivity contribution in [2.24, 2.45) is 0 Å². The lowest BCUT2D eigenvalue weighted by atomic mass is 10.2. The normalized spacial score (nSPS) is 10.6. The van der Waals surface area contributed by atoms with Crippen molar-refractivity contribution in [1.82, 2.24) is 9.38 Å². The topological polar surface area (TPSA) is 69.9 Å². The van der Waals surface area contributed by atoms with Gasteiger partial charge in [0.25, 0.3) is 5.56 Å². The average Bonchev–Trinajstić information content (AvgIpc) is 2.63. The molecule has 0 fully saturated rings. The van der Waals surface area contributed by atoms with Gasteiger partial charge in [0, 0.05) is 18.8 Å². The predicted molar refractivity (Wildman–Crippen MR) is 93.1 cm³/mol. The molecule has 25 heavy (non-hydrogen) atoms. The molecule has 0 amide bonds. The number of aromatic nitrogens is 2. The number of carbonyl (C=O) groups is 1. The molecule has 0 saturated carbocycles. The van der Waals surface area contributed by atoms with E-state index in [1.54, 1.807) is 25.3 Å². The van der Waals surface area contributed by atoms with Crippen LogP contribution in [0.2, 0.25) is 0 Å². The van der Waals surface area contributed by atoms with Gasteiger partial charge in [0.05, 0.1) is 13.2 Å². The number of rotatable bonds is 6. The summed E-state index contributed by atoms with van der Waals surface area (Å²) in [5, 5.41) is 0. The summed E-state index contributed by atoms with van der Waals surface area (Å²) in [7, 11) is 0. The van der Waals surface area contributed by atoms with Crippen LogP contribution < -0.4 is 10.3 Å². The fraction of sp³-hybridized carbons (Fsp3) is 0.211. The van der Waals surface area contributed by atoms with Crippen LogP contribution in [0.4, 0.5) is 0 Å². The minimum absolute atomic E-state index is 0.0965. The summed E-state index contributed by atoms with van der Waals surface area (Å²) < 4.78 is 12.0. The van der Waals surface area contributed by atoms with Gasteiger partial charge in [-0.1, -0.05) is 30.3 Å². The van der Waals surface area contributed by atoms with Crippen molar-refractivity contribution in [1.29, 1.82) is 0 Å². The zero-order valence-corrected chi connectivity index (χ0v) is 13.8. The molecule has 6 heteroatoms. The van der Waals surface area contributed by atoms with Gasteiger partial charge in [-0.3, -0.25) is 9.20 Å². The van der Waals surface area contributed by atoms with Gasteiger partial charge in [0.2, 0.25) is 0 Å². The van der Waals surface area contributed by atoms with Gasteiger partial charge in [0.1, 0.15) is 5.56 Å². The Morgan fingerprint density at radius 1 is 1.16 bits per heavy atom. The molecule has 0 unspecified atom stereocenters. The number of esters is 1. The Labute approximate surface area is 144 Å². The maximum atomic E-state index is 12.5. The first-order valence-corrected chi connectivity index (χ1v) is 8.05. The van der Waals surface area contributed by atoms with Crippen molar-refractivity contribution in [3.8, 4) is 5.75 Å². The molecule has 0 saturated heterocycles. The number of fused-ring (bicyclic) bond motifs is 1. The van der Waals surface area contributed by atoms with Crippen LogP contribution in [0.1, 0.15) is 22.8 Å². The molecule has 0 N–H and O–H groups in total. The highest BCUT2D eigenvalue weighted by Gasteiger charge is 2.15. The predicted octanol–water partition coefficient (Wildman–Crippen LogP) is 2.49. The van der Waals surface area contributed by atoms with E-state index in [4.69, 9.17) is 9.47 Å². The Balaban J connectivity index is 1.83. The Morgan fingerprint density at radius 3 is 2.72 bits per heavy atom. The van der Waals surface area contributed by atoms with E-state index in [-0.39, 0.29) is 12.2 Å². The maximum absolute atomic E-state index is 12.5. The minimum Gasteiger partial charge on any atom is -0.489 e. The van der Waals surface area contributed by atoms with Crippen LogP contribution >= 0.6 is 0 Å². The molecular formula is C19H18N2O4. The van der Waals surface area contributed by atoms with Gasteiger partial charge in [-0.25, -0.2) is 9.78 Å². The number of benzene rings is 1. The van der Waals surface area contributed by atoms with Crippen LogP contribution in [0, 0.1) is 0 Å². The first-order chi connectivity index (χ1) is 12.2. The number of pyridine rings is 1. The van der Waals surface area contributed by atoms with E-state index in [1.807, 2.05) is 30.3 Å². The molecule has 128 valence electrons. The van der Waals surface area contributed by atoms with Gasteiger partial charge in [-0.05, 0) is 24.6 Å². The zero-order valence-electron chi connectivity index (χ0n) is 13.8. The van der Waals surface area contributed by atoms with Crippen LogP contribution in [0.3, 0.4) is 0 Å². The fourth-order valence-electron chi connectivity index (χ4n) is 2.47. The number of nitrogens with zero attached hydrogens (tertiary/aromatic N) is 2. The van der Waals surface area contributed by atoms with Gasteiger partial charge >= 0.3 is 5.97 Å². The molecule has 3 aromatic rings. The second-order valence-corrected chi connectivity index (χ2v) is 5.35. The summed E-state index contributed by atoms with van der Waals surface area (Å²) in [5.74, 6) is -0.185. The summed E-state index contributed by atoms with van der Waals surface area (Å²) in [6.07, 6.45) is 3.53. The number of carbonyl (C=O) groups excluding carboxylic acids is 1. The van der Waals surface area contributed by atoms with E-state index >= 15 is 0 Å². The molecule has 0 atom stereocenters.